The molecule has 0 amide bonds. The summed E-state index contributed by atoms with van der Waals surface area (Å²) in [5, 5.41) is 31.6. The number of ether oxygens (including phenoxy) is 5. The van der Waals surface area contributed by atoms with Crippen LogP contribution in [0, 0.1) is 0 Å². The Morgan fingerprint density at radius 1 is 0.410 bits per heavy atom. The van der Waals surface area contributed by atoms with E-state index in [2.05, 4.69) is 154 Å². The van der Waals surface area contributed by atoms with Gasteiger partial charge in [0.1, 0.15) is 18.8 Å². The lowest BCUT2D eigenvalue weighted by atomic mass is 9.98. The molecule has 1 fully saturated rings. The van der Waals surface area contributed by atoms with Crippen molar-refractivity contribution in [1.29, 1.82) is 0 Å². The predicted molar refractivity (Wildman–Crippen MR) is 340 cm³/mol. The van der Waals surface area contributed by atoms with E-state index in [-0.39, 0.29) is 25.9 Å². The molecule has 1 aliphatic heterocycles. The van der Waals surface area contributed by atoms with Crippen LogP contribution in [0.1, 0.15) is 239 Å². The van der Waals surface area contributed by atoms with Crippen molar-refractivity contribution < 1.29 is 58.2 Å². The van der Waals surface area contributed by atoms with Crippen molar-refractivity contribution in [1.82, 2.24) is 0 Å². The lowest BCUT2D eigenvalue weighted by Gasteiger charge is -2.40. The van der Waals surface area contributed by atoms with Crippen molar-refractivity contribution in [3.8, 4) is 0 Å². The molecule has 0 saturated carbocycles. The van der Waals surface area contributed by atoms with Crippen LogP contribution in [0.4, 0.5) is 0 Å². The van der Waals surface area contributed by atoms with Crippen molar-refractivity contribution in [2.75, 3.05) is 13.2 Å². The maximum atomic E-state index is 13.2. The summed E-state index contributed by atoms with van der Waals surface area (Å²) >= 11 is 0. The average Bonchev–Trinajstić information content (AvgIpc) is 3.57. The molecule has 1 aliphatic rings. The molecule has 1 rings (SSSR count). The maximum Gasteiger partial charge on any atom is 0.335 e. The zero-order valence-electron chi connectivity index (χ0n) is 51.6. The Hall–Kier alpha value is -5.14. The quantitative estimate of drug-likeness (QED) is 0.0228. The van der Waals surface area contributed by atoms with E-state index in [1.54, 1.807) is 0 Å². The van der Waals surface area contributed by atoms with Gasteiger partial charge in [-0.05, 0) is 135 Å². The van der Waals surface area contributed by atoms with Gasteiger partial charge in [0, 0.05) is 19.3 Å². The summed E-state index contributed by atoms with van der Waals surface area (Å²) < 4.78 is 28.5. The second-order valence-corrected chi connectivity index (χ2v) is 21.3. The molecule has 1 heterocycles. The lowest BCUT2D eigenvalue weighted by Crippen LogP contribution is -2.61. The molecule has 0 aliphatic carbocycles. The Morgan fingerprint density at radius 2 is 0.759 bits per heavy atom. The fourth-order valence-electron chi connectivity index (χ4n) is 8.83. The molecular weight excluding hydrogens is 1040 g/mol. The van der Waals surface area contributed by atoms with Crippen molar-refractivity contribution in [3.05, 3.63) is 134 Å². The van der Waals surface area contributed by atoms with Crippen LogP contribution >= 0.6 is 0 Å². The second-order valence-electron chi connectivity index (χ2n) is 21.3. The lowest BCUT2D eigenvalue weighted by molar-refractivity contribution is -0.301. The van der Waals surface area contributed by atoms with Gasteiger partial charge in [-0.3, -0.25) is 14.4 Å². The summed E-state index contributed by atoms with van der Waals surface area (Å²) in [6, 6.07) is 0. The SMILES string of the molecule is CC/C=C\C/C=C\C/C=C\C/C=C\CCCCCCCCC(=O)OCC(COC1OC(C(=O)O)C(O)C(O)C1OC(=O)CCCCCCCC/C=C\C/C=C\C/C=C\CCCCC)OC(=O)CCCC/C=C\C/C=C\C/C=C\C/C=C\CC. The third-order valence-corrected chi connectivity index (χ3v) is 13.7. The Morgan fingerprint density at radius 3 is 1.18 bits per heavy atom. The summed E-state index contributed by atoms with van der Waals surface area (Å²) in [4.78, 5) is 51.3. The highest BCUT2D eigenvalue weighted by molar-refractivity contribution is 5.74. The second kappa shape index (κ2) is 57.3. The first kappa shape index (κ1) is 75.9. The van der Waals surface area contributed by atoms with E-state index in [4.69, 9.17) is 23.7 Å². The molecule has 6 unspecified atom stereocenters. The zero-order chi connectivity index (χ0) is 60.3. The summed E-state index contributed by atoms with van der Waals surface area (Å²) in [5.41, 5.74) is 0. The number of hydrogen-bond acceptors (Lipinski definition) is 11. The molecule has 0 spiro atoms. The first-order valence-corrected chi connectivity index (χ1v) is 32.2. The van der Waals surface area contributed by atoms with Crippen LogP contribution in [0.25, 0.3) is 0 Å². The Bertz CT molecular complexity index is 1950. The molecule has 83 heavy (non-hydrogen) atoms. The van der Waals surface area contributed by atoms with Gasteiger partial charge in [-0.2, -0.15) is 0 Å². The van der Waals surface area contributed by atoms with Crippen molar-refractivity contribution in [2.24, 2.45) is 0 Å². The number of carboxylic acids is 1. The number of unbranched alkanes of at least 4 members (excludes halogenated alkanes) is 17. The van der Waals surface area contributed by atoms with E-state index >= 15 is 0 Å². The smallest absolute Gasteiger partial charge is 0.335 e. The minimum absolute atomic E-state index is 0.0322. The third-order valence-electron chi connectivity index (χ3n) is 13.7. The number of aliphatic hydroxyl groups excluding tert-OH is 2. The van der Waals surface area contributed by atoms with Crippen LogP contribution in [-0.2, 0) is 42.9 Å². The number of hydrogen-bond donors (Lipinski definition) is 3. The first-order valence-electron chi connectivity index (χ1n) is 32.2. The van der Waals surface area contributed by atoms with E-state index < -0.39 is 67.3 Å². The molecule has 0 radical (unpaired) electrons. The van der Waals surface area contributed by atoms with Gasteiger partial charge in [0.05, 0.1) is 6.61 Å². The van der Waals surface area contributed by atoms with Gasteiger partial charge in [-0.1, -0.05) is 219 Å². The molecule has 0 aromatic heterocycles. The van der Waals surface area contributed by atoms with Crippen LogP contribution < -0.4 is 0 Å². The Labute approximate surface area is 502 Å². The molecule has 3 N–H and O–H groups in total. The summed E-state index contributed by atoms with van der Waals surface area (Å²) in [6.45, 7) is 5.69. The van der Waals surface area contributed by atoms with Gasteiger partial charge in [-0.25, -0.2) is 4.79 Å². The molecule has 468 valence electrons. The average molecular weight is 1160 g/mol. The fourth-order valence-corrected chi connectivity index (χ4v) is 8.83. The molecular formula is C71H112O12. The Balaban J connectivity index is 2.70. The molecule has 0 aromatic rings. The zero-order valence-corrected chi connectivity index (χ0v) is 51.6. The highest BCUT2D eigenvalue weighted by atomic mass is 16.7. The van der Waals surface area contributed by atoms with Crippen molar-refractivity contribution >= 4 is 23.9 Å². The van der Waals surface area contributed by atoms with E-state index in [1.165, 1.54) is 19.3 Å². The van der Waals surface area contributed by atoms with E-state index in [0.29, 0.717) is 19.3 Å². The number of carbonyl (C=O) groups excluding carboxylic acids is 3. The largest absolute Gasteiger partial charge is 0.479 e. The third kappa shape index (κ3) is 46.9. The number of aliphatic carboxylic acids is 1. The van der Waals surface area contributed by atoms with E-state index in [9.17, 15) is 34.5 Å². The fraction of sp³-hybridized carbons (Fsp3) is 0.634. The maximum absolute atomic E-state index is 13.2. The van der Waals surface area contributed by atoms with Crippen LogP contribution in [0.3, 0.4) is 0 Å². The normalized spacial score (nSPS) is 18.5. The summed E-state index contributed by atoms with van der Waals surface area (Å²) in [7, 11) is 0. The van der Waals surface area contributed by atoms with Crippen LogP contribution in [0.5, 0.6) is 0 Å². The highest BCUT2D eigenvalue weighted by Gasteiger charge is 2.50. The molecule has 6 atom stereocenters. The number of aliphatic hydroxyl groups is 2. The minimum atomic E-state index is -1.92. The summed E-state index contributed by atoms with van der Waals surface area (Å²) in [5.74, 6) is -3.23. The van der Waals surface area contributed by atoms with Crippen molar-refractivity contribution in [3.63, 3.8) is 0 Å². The van der Waals surface area contributed by atoms with Crippen LogP contribution in [-0.4, -0.2) is 89.2 Å². The Kier molecular flexibility index (Phi) is 52.4. The van der Waals surface area contributed by atoms with Gasteiger partial charge in [0.15, 0.2) is 24.6 Å². The van der Waals surface area contributed by atoms with Crippen LogP contribution in [0.15, 0.2) is 134 Å². The van der Waals surface area contributed by atoms with Crippen LogP contribution in [0.2, 0.25) is 0 Å². The van der Waals surface area contributed by atoms with Gasteiger partial charge in [0.25, 0.3) is 0 Å². The first-order chi connectivity index (χ1) is 40.6. The van der Waals surface area contributed by atoms with Gasteiger partial charge >= 0.3 is 23.9 Å². The number of allylic oxidation sites excluding steroid dienone is 22. The molecule has 0 aromatic carbocycles. The molecule has 1 saturated heterocycles. The predicted octanol–water partition coefficient (Wildman–Crippen LogP) is 17.3. The van der Waals surface area contributed by atoms with Gasteiger partial charge in [0.2, 0.25) is 0 Å². The highest BCUT2D eigenvalue weighted by Crippen LogP contribution is 2.26. The topological polar surface area (TPSA) is 175 Å². The molecule has 0 bridgehead atoms. The minimum Gasteiger partial charge on any atom is -0.479 e. The van der Waals surface area contributed by atoms with Gasteiger partial charge in [-0.15, -0.1) is 0 Å². The number of carboxylic acid groups (broad SMARTS) is 1. The summed E-state index contributed by atoms with van der Waals surface area (Å²) in [6.07, 6.45) is 68.3. The monoisotopic (exact) mass is 1160 g/mol. The van der Waals surface area contributed by atoms with Gasteiger partial charge < -0.3 is 39.0 Å². The van der Waals surface area contributed by atoms with E-state index in [1.807, 2.05) is 0 Å². The standard InChI is InChI=1S/C71H112O12/c1-4-7-10-13-16-19-22-25-28-30-32-34-37-39-42-45-48-51-54-57-63(72)79-60-62(81-64(73)58-55-52-49-46-43-40-36-27-24-21-18-15-12-9-6-3)61-80-71-69(67(76)66(75)68(83-71)70(77)78)82-65(74)59-56-53-50-47-44-41-38-35-33-31-29-26-23-20-17-14-11-8-5-2/h7,9-10,12,16-21,25-29,32-36,43,46,62,66-69,71,75-76H,4-6,8,11,13-15,22-24,30-31,37-42,44-45,47-61H2,1-3H3,(H,77,78)/b10-7-,12-9-,19-16-,20-17-,21-18-,28-25-,29-26-,34-32-,35-33-,36-27-,46-43-. The number of rotatable bonds is 53. The number of esters is 3. The number of carbonyl (C=O) groups is 4. The van der Waals surface area contributed by atoms with E-state index in [0.717, 1.165) is 161 Å². The molecule has 12 nitrogen and oxygen atoms in total. The van der Waals surface area contributed by atoms with Crippen molar-refractivity contribution in [2.45, 2.75) is 276 Å². The molecule has 12 heteroatoms.